The third-order valence-corrected chi connectivity index (χ3v) is 2.73. The van der Waals surface area contributed by atoms with Gasteiger partial charge in [-0.1, -0.05) is 17.7 Å². The van der Waals surface area contributed by atoms with Gasteiger partial charge in [0.15, 0.2) is 0 Å². The lowest BCUT2D eigenvalue weighted by Gasteiger charge is -2.10. The Bertz CT molecular complexity index is 534. The Balaban J connectivity index is 2.16. The van der Waals surface area contributed by atoms with Crippen molar-refractivity contribution in [3.63, 3.8) is 0 Å². The van der Waals surface area contributed by atoms with Crippen LogP contribution in [0, 0.1) is 11.6 Å². The SMILES string of the molecule is Nc1cccc(Cl)c1COc1cc(F)cc(F)c1. The number of rotatable bonds is 3. The molecule has 0 aliphatic carbocycles. The van der Waals surface area contributed by atoms with Crippen LogP contribution in [0.4, 0.5) is 14.5 Å². The maximum atomic E-state index is 12.9. The Labute approximate surface area is 108 Å². The third kappa shape index (κ3) is 2.90. The topological polar surface area (TPSA) is 35.2 Å². The quantitative estimate of drug-likeness (QED) is 0.861. The van der Waals surface area contributed by atoms with E-state index in [0.717, 1.165) is 18.2 Å². The Morgan fingerprint density at radius 1 is 1.11 bits per heavy atom. The maximum absolute atomic E-state index is 12.9. The van der Waals surface area contributed by atoms with Gasteiger partial charge in [-0.05, 0) is 12.1 Å². The van der Waals surface area contributed by atoms with Gasteiger partial charge in [-0.2, -0.15) is 0 Å². The molecule has 94 valence electrons. The van der Waals surface area contributed by atoms with Crippen molar-refractivity contribution in [2.45, 2.75) is 6.61 Å². The summed E-state index contributed by atoms with van der Waals surface area (Å²) in [7, 11) is 0. The molecule has 0 saturated heterocycles. The van der Waals surface area contributed by atoms with Gasteiger partial charge < -0.3 is 10.5 Å². The average Bonchev–Trinajstić information content (AvgIpc) is 2.27. The molecular formula is C13H10ClF2NO. The molecule has 0 aromatic heterocycles. The van der Waals surface area contributed by atoms with E-state index in [-0.39, 0.29) is 12.4 Å². The predicted octanol–water partition coefficient (Wildman–Crippen LogP) is 3.78. The Hall–Kier alpha value is -1.81. The monoisotopic (exact) mass is 269 g/mol. The fourth-order valence-corrected chi connectivity index (χ4v) is 1.73. The molecule has 0 heterocycles. The summed E-state index contributed by atoms with van der Waals surface area (Å²) in [6.07, 6.45) is 0. The molecule has 0 radical (unpaired) electrons. The zero-order valence-corrected chi connectivity index (χ0v) is 10.0. The molecule has 0 aliphatic heterocycles. The number of hydrogen-bond donors (Lipinski definition) is 1. The van der Waals surface area contributed by atoms with Crippen LogP contribution in [0.2, 0.25) is 5.02 Å². The molecule has 0 fully saturated rings. The minimum atomic E-state index is -0.697. The number of halogens is 3. The van der Waals surface area contributed by atoms with Crippen LogP contribution in [0.5, 0.6) is 5.75 Å². The first-order chi connectivity index (χ1) is 8.56. The van der Waals surface area contributed by atoms with Gasteiger partial charge in [0.2, 0.25) is 0 Å². The zero-order chi connectivity index (χ0) is 13.1. The molecule has 2 N–H and O–H groups in total. The lowest BCUT2D eigenvalue weighted by molar-refractivity contribution is 0.303. The molecule has 0 unspecified atom stereocenters. The summed E-state index contributed by atoms with van der Waals surface area (Å²) in [5.74, 6) is -1.30. The standard InChI is InChI=1S/C13H10ClF2NO/c14-12-2-1-3-13(17)11(12)7-18-10-5-8(15)4-9(16)6-10/h1-6H,7,17H2. The molecule has 0 amide bonds. The lowest BCUT2D eigenvalue weighted by Crippen LogP contribution is -2.01. The maximum Gasteiger partial charge on any atom is 0.129 e. The Kier molecular flexibility index (Phi) is 3.67. The largest absolute Gasteiger partial charge is 0.489 e. The smallest absolute Gasteiger partial charge is 0.129 e. The van der Waals surface area contributed by atoms with Crippen molar-refractivity contribution in [2.75, 3.05) is 5.73 Å². The van der Waals surface area contributed by atoms with Crippen LogP contribution < -0.4 is 10.5 Å². The highest BCUT2D eigenvalue weighted by molar-refractivity contribution is 6.31. The summed E-state index contributed by atoms with van der Waals surface area (Å²) in [4.78, 5) is 0. The molecule has 0 bridgehead atoms. The van der Waals surface area contributed by atoms with Gasteiger partial charge in [0.05, 0.1) is 0 Å². The third-order valence-electron chi connectivity index (χ3n) is 2.37. The Morgan fingerprint density at radius 3 is 2.39 bits per heavy atom. The van der Waals surface area contributed by atoms with E-state index < -0.39 is 11.6 Å². The lowest BCUT2D eigenvalue weighted by atomic mass is 10.2. The molecule has 2 rings (SSSR count). The minimum absolute atomic E-state index is 0.0500. The van der Waals surface area contributed by atoms with Gasteiger partial charge in [-0.15, -0.1) is 0 Å². The number of ether oxygens (including phenoxy) is 1. The van der Waals surface area contributed by atoms with E-state index in [9.17, 15) is 8.78 Å². The fraction of sp³-hybridized carbons (Fsp3) is 0.0769. The first kappa shape index (κ1) is 12.6. The normalized spacial score (nSPS) is 10.4. The van der Waals surface area contributed by atoms with Gasteiger partial charge in [-0.25, -0.2) is 8.78 Å². The van der Waals surface area contributed by atoms with Crippen LogP contribution in [0.15, 0.2) is 36.4 Å². The molecule has 2 nitrogen and oxygen atoms in total. The summed E-state index contributed by atoms with van der Waals surface area (Å²) in [5, 5.41) is 0.451. The Morgan fingerprint density at radius 2 is 1.78 bits per heavy atom. The van der Waals surface area contributed by atoms with Gasteiger partial charge >= 0.3 is 0 Å². The van der Waals surface area contributed by atoms with Crippen molar-refractivity contribution in [3.05, 3.63) is 58.6 Å². The number of nitrogens with two attached hydrogens (primary N) is 1. The highest BCUT2D eigenvalue weighted by Crippen LogP contribution is 2.24. The van der Waals surface area contributed by atoms with Crippen LogP contribution in [0.3, 0.4) is 0 Å². The molecular weight excluding hydrogens is 260 g/mol. The summed E-state index contributed by atoms with van der Waals surface area (Å²) in [6, 6.07) is 8.02. The van der Waals surface area contributed by atoms with E-state index in [0.29, 0.717) is 16.3 Å². The molecule has 2 aromatic rings. The molecule has 0 saturated carbocycles. The second kappa shape index (κ2) is 5.23. The van der Waals surface area contributed by atoms with E-state index in [2.05, 4.69) is 0 Å². The second-order valence-electron chi connectivity index (χ2n) is 3.70. The van der Waals surface area contributed by atoms with Crippen molar-refractivity contribution < 1.29 is 13.5 Å². The molecule has 5 heteroatoms. The fourth-order valence-electron chi connectivity index (χ4n) is 1.49. The molecule has 0 aliphatic rings. The van der Waals surface area contributed by atoms with Crippen molar-refractivity contribution in [1.29, 1.82) is 0 Å². The van der Waals surface area contributed by atoms with Crippen LogP contribution in [-0.2, 0) is 6.61 Å². The van der Waals surface area contributed by atoms with Crippen LogP contribution in [0.1, 0.15) is 5.56 Å². The summed E-state index contributed by atoms with van der Waals surface area (Å²) >= 11 is 5.95. The van der Waals surface area contributed by atoms with Crippen molar-refractivity contribution in [3.8, 4) is 5.75 Å². The summed E-state index contributed by atoms with van der Waals surface area (Å²) < 4.78 is 31.2. The predicted molar refractivity (Wildman–Crippen MR) is 66.6 cm³/mol. The first-order valence-corrected chi connectivity index (χ1v) is 5.56. The number of benzene rings is 2. The summed E-state index contributed by atoms with van der Waals surface area (Å²) in [5.41, 5.74) is 6.79. The number of anilines is 1. The zero-order valence-electron chi connectivity index (χ0n) is 9.29. The highest BCUT2D eigenvalue weighted by Gasteiger charge is 2.07. The number of hydrogen-bond acceptors (Lipinski definition) is 2. The second-order valence-corrected chi connectivity index (χ2v) is 4.11. The van der Waals surface area contributed by atoms with Crippen LogP contribution in [-0.4, -0.2) is 0 Å². The molecule has 18 heavy (non-hydrogen) atoms. The van der Waals surface area contributed by atoms with Gasteiger partial charge in [0, 0.05) is 34.5 Å². The van der Waals surface area contributed by atoms with Crippen molar-refractivity contribution in [1.82, 2.24) is 0 Å². The van der Waals surface area contributed by atoms with Gasteiger partial charge in [0.25, 0.3) is 0 Å². The average molecular weight is 270 g/mol. The first-order valence-electron chi connectivity index (χ1n) is 5.18. The molecule has 0 atom stereocenters. The van der Waals surface area contributed by atoms with E-state index in [4.69, 9.17) is 22.1 Å². The summed E-state index contributed by atoms with van der Waals surface area (Å²) in [6.45, 7) is 0.0500. The van der Waals surface area contributed by atoms with E-state index in [1.54, 1.807) is 18.2 Å². The van der Waals surface area contributed by atoms with Crippen molar-refractivity contribution in [2.24, 2.45) is 0 Å². The van der Waals surface area contributed by atoms with E-state index in [1.807, 2.05) is 0 Å². The van der Waals surface area contributed by atoms with Crippen LogP contribution in [0.25, 0.3) is 0 Å². The van der Waals surface area contributed by atoms with Crippen LogP contribution >= 0.6 is 11.6 Å². The molecule has 0 spiro atoms. The van der Waals surface area contributed by atoms with Gasteiger partial charge in [-0.3, -0.25) is 0 Å². The number of nitrogen functional groups attached to an aromatic ring is 1. The van der Waals surface area contributed by atoms with Gasteiger partial charge in [0.1, 0.15) is 24.0 Å². The van der Waals surface area contributed by atoms with Crippen molar-refractivity contribution >= 4 is 17.3 Å². The van der Waals surface area contributed by atoms with E-state index in [1.165, 1.54) is 0 Å². The van der Waals surface area contributed by atoms with E-state index >= 15 is 0 Å². The highest BCUT2D eigenvalue weighted by atomic mass is 35.5. The molecule has 2 aromatic carbocycles. The minimum Gasteiger partial charge on any atom is -0.489 e.